The summed E-state index contributed by atoms with van der Waals surface area (Å²) in [6.45, 7) is 8.11. The molecule has 0 saturated carbocycles. The molecule has 0 radical (unpaired) electrons. The molecule has 1 N–H and O–H groups in total. The van der Waals surface area contributed by atoms with E-state index >= 15 is 0 Å². The first kappa shape index (κ1) is 17.4. The lowest BCUT2D eigenvalue weighted by molar-refractivity contribution is -0.00794. The minimum Gasteiger partial charge on any atom is -0.389 e. The van der Waals surface area contributed by atoms with Gasteiger partial charge in [0.25, 0.3) is 5.91 Å². The molecule has 1 aliphatic heterocycles. The van der Waals surface area contributed by atoms with Crippen molar-refractivity contribution >= 4 is 17.2 Å². The van der Waals surface area contributed by atoms with Gasteiger partial charge in [-0.15, -0.1) is 0 Å². The van der Waals surface area contributed by atoms with Crippen LogP contribution in [-0.2, 0) is 4.74 Å². The molecule has 0 aromatic carbocycles. The molecule has 1 aliphatic rings. The SMILES string of the molecule is CC(C)OCC(O)CN1CCCN(C(=O)c2ccsc2)CC1. The van der Waals surface area contributed by atoms with Crippen LogP contribution in [0.3, 0.4) is 0 Å². The summed E-state index contributed by atoms with van der Waals surface area (Å²) in [5.74, 6) is 0.117. The van der Waals surface area contributed by atoms with Crippen LogP contribution in [0.1, 0.15) is 30.6 Å². The van der Waals surface area contributed by atoms with Gasteiger partial charge in [0.15, 0.2) is 0 Å². The average Bonchev–Trinajstić information content (AvgIpc) is 2.92. The Morgan fingerprint density at radius 2 is 2.18 bits per heavy atom. The van der Waals surface area contributed by atoms with Gasteiger partial charge in [0, 0.05) is 31.6 Å². The third-order valence-electron chi connectivity index (χ3n) is 3.73. The molecule has 0 aliphatic carbocycles. The molecule has 2 rings (SSSR count). The number of hydrogen-bond acceptors (Lipinski definition) is 5. The van der Waals surface area contributed by atoms with Crippen molar-refractivity contribution in [2.45, 2.75) is 32.5 Å². The molecule has 0 spiro atoms. The molecule has 0 bridgehead atoms. The standard InChI is InChI=1S/C16H26N2O3S/c1-13(2)21-11-15(19)10-17-5-3-6-18(8-7-17)16(20)14-4-9-22-12-14/h4,9,12-13,15,19H,3,5-8,10-11H2,1-2H3. The maximum atomic E-state index is 12.4. The maximum absolute atomic E-state index is 12.4. The number of amides is 1. The molecule has 124 valence electrons. The van der Waals surface area contributed by atoms with Gasteiger partial charge in [-0.05, 0) is 38.3 Å². The van der Waals surface area contributed by atoms with Gasteiger partial charge >= 0.3 is 0 Å². The van der Waals surface area contributed by atoms with Crippen molar-refractivity contribution in [2.75, 3.05) is 39.3 Å². The molecular formula is C16H26N2O3S. The van der Waals surface area contributed by atoms with E-state index < -0.39 is 6.10 Å². The van der Waals surface area contributed by atoms with Gasteiger partial charge in [-0.25, -0.2) is 0 Å². The third kappa shape index (κ3) is 5.35. The van der Waals surface area contributed by atoms with Crippen LogP contribution in [0.5, 0.6) is 0 Å². The van der Waals surface area contributed by atoms with E-state index in [9.17, 15) is 9.90 Å². The molecule has 1 aromatic heterocycles. The zero-order valence-corrected chi connectivity index (χ0v) is 14.2. The lowest BCUT2D eigenvalue weighted by atomic mass is 10.3. The minimum atomic E-state index is -0.471. The average molecular weight is 326 g/mol. The summed E-state index contributed by atoms with van der Waals surface area (Å²) >= 11 is 1.55. The first-order valence-corrected chi connectivity index (χ1v) is 8.84. The van der Waals surface area contributed by atoms with Crippen LogP contribution >= 0.6 is 11.3 Å². The van der Waals surface area contributed by atoms with E-state index in [0.29, 0.717) is 19.7 Å². The number of nitrogens with zero attached hydrogens (tertiary/aromatic N) is 2. The quantitative estimate of drug-likeness (QED) is 0.864. The Labute approximate surface area is 136 Å². The number of ether oxygens (including phenoxy) is 1. The van der Waals surface area contributed by atoms with E-state index in [2.05, 4.69) is 4.90 Å². The fraction of sp³-hybridized carbons (Fsp3) is 0.688. The number of carbonyl (C=O) groups excluding carboxylic acids is 1. The van der Waals surface area contributed by atoms with E-state index in [0.717, 1.165) is 31.6 Å². The van der Waals surface area contributed by atoms with Crippen LogP contribution < -0.4 is 0 Å². The van der Waals surface area contributed by atoms with Crippen LogP contribution in [0.15, 0.2) is 16.8 Å². The maximum Gasteiger partial charge on any atom is 0.254 e. The Balaban J connectivity index is 1.78. The van der Waals surface area contributed by atoms with Crippen molar-refractivity contribution < 1.29 is 14.6 Å². The summed E-state index contributed by atoms with van der Waals surface area (Å²) in [6.07, 6.45) is 0.604. The Kier molecular flexibility index (Phi) is 6.82. The van der Waals surface area contributed by atoms with Crippen molar-refractivity contribution in [3.05, 3.63) is 22.4 Å². The second-order valence-corrected chi connectivity index (χ2v) is 6.77. The number of aliphatic hydroxyl groups excluding tert-OH is 1. The number of thiophene rings is 1. The first-order valence-electron chi connectivity index (χ1n) is 7.89. The van der Waals surface area contributed by atoms with Crippen molar-refractivity contribution in [1.29, 1.82) is 0 Å². The number of carbonyl (C=O) groups is 1. The second kappa shape index (κ2) is 8.62. The second-order valence-electron chi connectivity index (χ2n) is 5.99. The summed E-state index contributed by atoms with van der Waals surface area (Å²) in [5, 5.41) is 13.9. The Hall–Kier alpha value is -0.950. The van der Waals surface area contributed by atoms with Crippen LogP contribution in [-0.4, -0.2) is 72.4 Å². The zero-order chi connectivity index (χ0) is 15.9. The zero-order valence-electron chi connectivity index (χ0n) is 13.4. The van der Waals surface area contributed by atoms with Crippen molar-refractivity contribution in [3.63, 3.8) is 0 Å². The third-order valence-corrected chi connectivity index (χ3v) is 4.42. The van der Waals surface area contributed by atoms with Gasteiger partial charge < -0.3 is 14.7 Å². The molecule has 1 fully saturated rings. The molecule has 5 nitrogen and oxygen atoms in total. The summed E-state index contributed by atoms with van der Waals surface area (Å²) in [7, 11) is 0. The predicted octanol–water partition coefficient (Wildman–Crippen LogP) is 1.68. The summed E-state index contributed by atoms with van der Waals surface area (Å²) in [5.41, 5.74) is 0.781. The highest BCUT2D eigenvalue weighted by Crippen LogP contribution is 2.12. The van der Waals surface area contributed by atoms with E-state index in [1.54, 1.807) is 11.3 Å². The Morgan fingerprint density at radius 3 is 2.86 bits per heavy atom. The van der Waals surface area contributed by atoms with Crippen LogP contribution in [0.2, 0.25) is 0 Å². The smallest absolute Gasteiger partial charge is 0.254 e. The van der Waals surface area contributed by atoms with E-state index in [1.807, 2.05) is 35.6 Å². The number of rotatable bonds is 6. The highest BCUT2D eigenvalue weighted by Gasteiger charge is 2.21. The largest absolute Gasteiger partial charge is 0.389 e. The molecule has 6 heteroatoms. The predicted molar refractivity (Wildman–Crippen MR) is 88.4 cm³/mol. The Bertz CT molecular complexity index is 450. The molecule has 1 aromatic rings. The molecule has 1 atom stereocenters. The number of hydrogen-bond donors (Lipinski definition) is 1. The van der Waals surface area contributed by atoms with Crippen molar-refractivity contribution in [3.8, 4) is 0 Å². The van der Waals surface area contributed by atoms with Crippen LogP contribution in [0.25, 0.3) is 0 Å². The normalized spacial score (nSPS) is 18.5. The van der Waals surface area contributed by atoms with E-state index in [1.165, 1.54) is 0 Å². The van der Waals surface area contributed by atoms with Crippen LogP contribution in [0, 0.1) is 0 Å². The molecule has 22 heavy (non-hydrogen) atoms. The molecule has 1 unspecified atom stereocenters. The minimum absolute atomic E-state index is 0.117. The Morgan fingerprint density at radius 1 is 1.36 bits per heavy atom. The summed E-state index contributed by atoms with van der Waals surface area (Å²) < 4.78 is 5.44. The highest BCUT2D eigenvalue weighted by molar-refractivity contribution is 7.08. The summed E-state index contributed by atoms with van der Waals surface area (Å²) in [4.78, 5) is 16.5. The first-order chi connectivity index (χ1) is 10.6. The van der Waals surface area contributed by atoms with Gasteiger partial charge in [0.1, 0.15) is 0 Å². The molecule has 1 amide bonds. The number of aliphatic hydroxyl groups is 1. The summed E-state index contributed by atoms with van der Waals surface area (Å²) in [6, 6.07) is 1.88. The van der Waals surface area contributed by atoms with E-state index in [4.69, 9.17) is 4.74 Å². The van der Waals surface area contributed by atoms with Gasteiger partial charge in [-0.3, -0.25) is 9.69 Å². The fourth-order valence-electron chi connectivity index (χ4n) is 2.58. The van der Waals surface area contributed by atoms with Gasteiger partial charge in [0.2, 0.25) is 0 Å². The van der Waals surface area contributed by atoms with Crippen molar-refractivity contribution in [2.24, 2.45) is 0 Å². The lowest BCUT2D eigenvalue weighted by Crippen LogP contribution is -2.39. The monoisotopic (exact) mass is 326 g/mol. The molecule has 1 saturated heterocycles. The van der Waals surface area contributed by atoms with Crippen molar-refractivity contribution in [1.82, 2.24) is 9.80 Å². The number of β-amino-alcohol motifs (C(OH)–C–C–N with tert-alkyl or cyclic N) is 1. The van der Waals surface area contributed by atoms with Crippen LogP contribution in [0.4, 0.5) is 0 Å². The van der Waals surface area contributed by atoms with Gasteiger partial charge in [-0.1, -0.05) is 0 Å². The molecule has 2 heterocycles. The van der Waals surface area contributed by atoms with Gasteiger partial charge in [0.05, 0.1) is 24.4 Å². The van der Waals surface area contributed by atoms with Gasteiger partial charge in [-0.2, -0.15) is 11.3 Å². The molecular weight excluding hydrogens is 300 g/mol. The topological polar surface area (TPSA) is 53.0 Å². The highest BCUT2D eigenvalue weighted by atomic mass is 32.1. The van der Waals surface area contributed by atoms with E-state index in [-0.39, 0.29) is 12.0 Å². The fourth-order valence-corrected chi connectivity index (χ4v) is 3.21. The lowest BCUT2D eigenvalue weighted by Gasteiger charge is -2.24.